The van der Waals surface area contributed by atoms with Crippen molar-refractivity contribution in [3.05, 3.63) is 0 Å². The van der Waals surface area contributed by atoms with Crippen LogP contribution in [0.4, 0.5) is 8.78 Å². The third-order valence-corrected chi connectivity index (χ3v) is 4.48. The van der Waals surface area contributed by atoms with Gasteiger partial charge in [-0.3, -0.25) is 4.79 Å². The van der Waals surface area contributed by atoms with Crippen LogP contribution in [0.5, 0.6) is 0 Å². The number of halogens is 2. The molecule has 0 saturated heterocycles. The number of hydrogen-bond acceptors (Lipinski definition) is 2. The van der Waals surface area contributed by atoms with Gasteiger partial charge in [-0.2, -0.15) is 0 Å². The molecule has 0 amide bonds. The van der Waals surface area contributed by atoms with Crippen LogP contribution in [0.1, 0.15) is 57.8 Å². The number of Topliss-reactive ketones (excluding diaryl/α,β-unsaturated/α-hetero) is 1. The zero-order valence-electron chi connectivity index (χ0n) is 11.0. The van der Waals surface area contributed by atoms with Gasteiger partial charge in [0.15, 0.2) is 0 Å². The van der Waals surface area contributed by atoms with Crippen molar-refractivity contribution in [2.24, 2.45) is 5.92 Å². The summed E-state index contributed by atoms with van der Waals surface area (Å²) in [4.78, 5) is 12.0. The van der Waals surface area contributed by atoms with Gasteiger partial charge in [-0.1, -0.05) is 0 Å². The van der Waals surface area contributed by atoms with Crippen molar-refractivity contribution in [1.82, 2.24) is 0 Å². The molecule has 0 aromatic rings. The van der Waals surface area contributed by atoms with Crippen molar-refractivity contribution < 1.29 is 18.3 Å². The molecule has 1 unspecified atom stereocenters. The summed E-state index contributed by atoms with van der Waals surface area (Å²) >= 11 is 0. The summed E-state index contributed by atoms with van der Waals surface area (Å²) in [5.74, 6) is -2.59. The number of rotatable bonds is 5. The zero-order chi connectivity index (χ0) is 13.2. The maximum atomic E-state index is 13.3. The smallest absolute Gasteiger partial charge is 0.248 e. The summed E-state index contributed by atoms with van der Waals surface area (Å²) in [5, 5.41) is 0. The highest BCUT2D eigenvalue weighted by Crippen LogP contribution is 2.41. The maximum Gasteiger partial charge on any atom is 0.248 e. The lowest BCUT2D eigenvalue weighted by molar-refractivity contribution is -0.134. The lowest BCUT2D eigenvalue weighted by Gasteiger charge is -2.40. The maximum absolute atomic E-state index is 13.3. The molecule has 18 heavy (non-hydrogen) atoms. The molecule has 0 aromatic heterocycles. The number of methoxy groups -OCH3 is 1. The Morgan fingerprint density at radius 2 is 2.00 bits per heavy atom. The third-order valence-electron chi connectivity index (χ3n) is 4.48. The highest BCUT2D eigenvalue weighted by molar-refractivity contribution is 5.79. The summed E-state index contributed by atoms with van der Waals surface area (Å²) < 4.78 is 31.9. The number of ether oxygens (including phenoxy) is 1. The third kappa shape index (κ3) is 3.28. The molecule has 0 bridgehead atoms. The lowest BCUT2D eigenvalue weighted by Crippen LogP contribution is -2.41. The lowest BCUT2D eigenvalue weighted by atomic mass is 9.74. The van der Waals surface area contributed by atoms with Gasteiger partial charge >= 0.3 is 0 Å². The highest BCUT2D eigenvalue weighted by Gasteiger charge is 2.41. The molecule has 2 nitrogen and oxygen atoms in total. The first-order valence-corrected chi connectivity index (χ1v) is 6.89. The van der Waals surface area contributed by atoms with E-state index in [-0.39, 0.29) is 30.1 Å². The molecule has 0 aromatic carbocycles. The Balaban J connectivity index is 1.80. The first-order valence-electron chi connectivity index (χ1n) is 6.89. The van der Waals surface area contributed by atoms with Crippen LogP contribution in [0.2, 0.25) is 0 Å². The second-order valence-electron chi connectivity index (χ2n) is 5.98. The summed E-state index contributed by atoms with van der Waals surface area (Å²) in [5.41, 5.74) is -0.270. The zero-order valence-corrected chi connectivity index (χ0v) is 11.0. The Morgan fingerprint density at radius 3 is 2.50 bits per heavy atom. The number of carbonyl (C=O) groups excluding carboxylic acids is 1. The second-order valence-corrected chi connectivity index (χ2v) is 5.98. The van der Waals surface area contributed by atoms with E-state index in [9.17, 15) is 13.6 Å². The molecule has 2 saturated carbocycles. The summed E-state index contributed by atoms with van der Waals surface area (Å²) in [6.07, 6.45) is 4.85. The second kappa shape index (κ2) is 5.24. The van der Waals surface area contributed by atoms with E-state index >= 15 is 0 Å². The van der Waals surface area contributed by atoms with Crippen molar-refractivity contribution in [2.45, 2.75) is 69.3 Å². The van der Waals surface area contributed by atoms with E-state index < -0.39 is 5.92 Å². The molecule has 1 atom stereocenters. The Morgan fingerprint density at radius 1 is 1.28 bits per heavy atom. The van der Waals surface area contributed by atoms with Crippen LogP contribution >= 0.6 is 0 Å². The predicted octanol–water partition coefficient (Wildman–Crippen LogP) is 3.73. The normalized spacial score (nSPS) is 29.6. The van der Waals surface area contributed by atoms with Crippen molar-refractivity contribution in [1.29, 1.82) is 0 Å². The largest absolute Gasteiger partial charge is 0.378 e. The molecule has 2 fully saturated rings. The molecule has 0 radical (unpaired) electrons. The monoisotopic (exact) mass is 260 g/mol. The molecule has 2 rings (SSSR count). The van der Waals surface area contributed by atoms with Gasteiger partial charge in [0, 0.05) is 32.8 Å². The van der Waals surface area contributed by atoms with Crippen LogP contribution < -0.4 is 0 Å². The SMILES string of the molecule is COC1(CC(=O)CC2CCCC(F)(F)C2)CCC1. The Kier molecular flexibility index (Phi) is 4.05. The van der Waals surface area contributed by atoms with Crippen molar-refractivity contribution in [3.63, 3.8) is 0 Å². The van der Waals surface area contributed by atoms with E-state index in [2.05, 4.69) is 0 Å². The van der Waals surface area contributed by atoms with E-state index in [1.807, 2.05) is 0 Å². The average Bonchev–Trinajstić information content (AvgIpc) is 2.22. The van der Waals surface area contributed by atoms with Crippen molar-refractivity contribution in [2.75, 3.05) is 7.11 Å². The van der Waals surface area contributed by atoms with E-state index in [0.29, 0.717) is 19.3 Å². The Labute approximate surface area is 107 Å². The number of carbonyl (C=O) groups is 1. The molecule has 0 heterocycles. The van der Waals surface area contributed by atoms with Crippen molar-refractivity contribution >= 4 is 5.78 Å². The highest BCUT2D eigenvalue weighted by atomic mass is 19.3. The van der Waals surface area contributed by atoms with Gasteiger partial charge < -0.3 is 4.74 Å². The van der Waals surface area contributed by atoms with Crippen LogP contribution in [0.15, 0.2) is 0 Å². The standard InChI is InChI=1S/C14H22F2O2/c1-18-13(5-3-6-13)10-12(17)8-11-4-2-7-14(15,16)9-11/h11H,2-10H2,1H3. The summed E-state index contributed by atoms with van der Waals surface area (Å²) in [6.45, 7) is 0. The van der Waals surface area contributed by atoms with Crippen LogP contribution in [0.3, 0.4) is 0 Å². The molecule has 104 valence electrons. The number of alkyl halides is 2. The van der Waals surface area contributed by atoms with Gasteiger partial charge in [0.1, 0.15) is 5.78 Å². The molecule has 0 spiro atoms. The fourth-order valence-corrected chi connectivity index (χ4v) is 3.23. The molecule has 4 heteroatoms. The fraction of sp³-hybridized carbons (Fsp3) is 0.929. The molecule has 2 aliphatic rings. The average molecular weight is 260 g/mol. The minimum atomic E-state index is -2.56. The predicted molar refractivity (Wildman–Crippen MR) is 64.7 cm³/mol. The van der Waals surface area contributed by atoms with Crippen LogP contribution in [0, 0.1) is 5.92 Å². The quantitative estimate of drug-likeness (QED) is 0.753. The molecule has 0 aliphatic heterocycles. The van der Waals surface area contributed by atoms with Crippen LogP contribution in [-0.4, -0.2) is 24.4 Å². The van der Waals surface area contributed by atoms with Gasteiger partial charge in [0.25, 0.3) is 0 Å². The minimum Gasteiger partial charge on any atom is -0.378 e. The number of ketones is 1. The van der Waals surface area contributed by atoms with E-state index in [0.717, 1.165) is 25.7 Å². The van der Waals surface area contributed by atoms with Gasteiger partial charge in [-0.05, 0) is 38.0 Å². The topological polar surface area (TPSA) is 26.3 Å². The summed E-state index contributed by atoms with van der Waals surface area (Å²) in [6, 6.07) is 0. The van der Waals surface area contributed by atoms with E-state index in [4.69, 9.17) is 4.74 Å². The van der Waals surface area contributed by atoms with E-state index in [1.165, 1.54) is 0 Å². The van der Waals surface area contributed by atoms with Crippen LogP contribution in [0.25, 0.3) is 0 Å². The molecular weight excluding hydrogens is 238 g/mol. The van der Waals surface area contributed by atoms with Gasteiger partial charge in [-0.25, -0.2) is 8.78 Å². The Bertz CT molecular complexity index is 305. The minimum absolute atomic E-state index is 0.0142. The summed E-state index contributed by atoms with van der Waals surface area (Å²) in [7, 11) is 1.64. The molecular formula is C14H22F2O2. The fourth-order valence-electron chi connectivity index (χ4n) is 3.23. The Hall–Kier alpha value is -0.510. The first-order chi connectivity index (χ1) is 8.45. The van der Waals surface area contributed by atoms with Gasteiger partial charge in [0.2, 0.25) is 5.92 Å². The van der Waals surface area contributed by atoms with Gasteiger partial charge in [-0.15, -0.1) is 0 Å². The first kappa shape index (κ1) is 13.9. The van der Waals surface area contributed by atoms with Gasteiger partial charge in [0.05, 0.1) is 5.60 Å². The number of hydrogen-bond donors (Lipinski definition) is 0. The van der Waals surface area contributed by atoms with Crippen LogP contribution in [-0.2, 0) is 9.53 Å². The molecule has 0 N–H and O–H groups in total. The van der Waals surface area contributed by atoms with E-state index in [1.54, 1.807) is 7.11 Å². The molecule has 2 aliphatic carbocycles. The van der Waals surface area contributed by atoms with Crippen molar-refractivity contribution in [3.8, 4) is 0 Å².